The lowest BCUT2D eigenvalue weighted by atomic mass is 9.96. The fourth-order valence-corrected chi connectivity index (χ4v) is 3.04. The molecule has 2 N–H and O–H groups in total. The number of amides is 2. The fraction of sp³-hybridized carbons (Fsp3) is 0.353. The van der Waals surface area contributed by atoms with E-state index >= 15 is 0 Å². The topological polar surface area (TPSA) is 87.5 Å². The average molecular weight is 382 g/mol. The molecule has 10 heteroatoms. The number of carbonyl (C=O) groups is 2. The highest BCUT2D eigenvalue weighted by molar-refractivity contribution is 5.89. The molecule has 0 saturated carbocycles. The molecular weight excluding hydrogens is 365 g/mol. The number of carboxylic acids is 1. The maximum Gasteiger partial charge on any atom is 0.394 e. The molecule has 0 aliphatic carbocycles. The second-order valence-electron chi connectivity index (χ2n) is 6.34. The van der Waals surface area contributed by atoms with Crippen LogP contribution in [0.15, 0.2) is 42.7 Å². The molecule has 27 heavy (non-hydrogen) atoms. The Morgan fingerprint density at radius 2 is 1.93 bits per heavy atom. The van der Waals surface area contributed by atoms with Crippen molar-refractivity contribution >= 4 is 17.7 Å². The first-order chi connectivity index (χ1) is 12.7. The minimum absolute atomic E-state index is 0.318. The zero-order chi connectivity index (χ0) is 19.6. The predicted octanol–water partition coefficient (Wildman–Crippen LogP) is 2.66. The summed E-state index contributed by atoms with van der Waals surface area (Å²) in [6.45, 7) is -0.717. The summed E-state index contributed by atoms with van der Waals surface area (Å²) in [5.41, 5.74) is 1.31. The van der Waals surface area contributed by atoms with Crippen molar-refractivity contribution in [2.24, 2.45) is 11.8 Å². The lowest BCUT2D eigenvalue weighted by Crippen LogP contribution is -2.35. The smallest absolute Gasteiger partial charge is 0.394 e. The Bertz CT molecular complexity index is 822. The van der Waals surface area contributed by atoms with Gasteiger partial charge in [-0.3, -0.25) is 9.48 Å². The Labute approximate surface area is 152 Å². The summed E-state index contributed by atoms with van der Waals surface area (Å²) in [4.78, 5) is 24.2. The maximum absolute atomic E-state index is 13.0. The van der Waals surface area contributed by atoms with Gasteiger partial charge in [-0.1, -0.05) is 30.3 Å². The lowest BCUT2D eigenvalue weighted by molar-refractivity contribution is -0.187. The van der Waals surface area contributed by atoms with E-state index in [1.807, 2.05) is 30.3 Å². The number of rotatable bonds is 4. The predicted molar refractivity (Wildman–Crippen MR) is 89.0 cm³/mol. The highest BCUT2D eigenvalue weighted by atomic mass is 19.4. The van der Waals surface area contributed by atoms with Gasteiger partial charge in [0, 0.05) is 19.3 Å². The van der Waals surface area contributed by atoms with Gasteiger partial charge in [0.1, 0.15) is 0 Å². The minimum Gasteiger partial charge on any atom is -0.481 e. The van der Waals surface area contributed by atoms with Crippen LogP contribution in [0.2, 0.25) is 0 Å². The largest absolute Gasteiger partial charge is 0.481 e. The molecular formula is C17H17F3N4O3. The molecule has 1 aliphatic rings. The number of nitrogens with zero attached hydrogens (tertiary/aromatic N) is 3. The van der Waals surface area contributed by atoms with E-state index in [1.54, 1.807) is 10.9 Å². The molecule has 1 fully saturated rings. The summed E-state index contributed by atoms with van der Waals surface area (Å²) in [7, 11) is 0. The monoisotopic (exact) mass is 382 g/mol. The summed E-state index contributed by atoms with van der Waals surface area (Å²) in [5.74, 6) is -5.32. The highest BCUT2D eigenvalue weighted by Gasteiger charge is 2.53. The molecule has 2 aromatic rings. The van der Waals surface area contributed by atoms with Gasteiger partial charge in [-0.15, -0.1) is 0 Å². The average Bonchev–Trinajstić information content (AvgIpc) is 3.22. The van der Waals surface area contributed by atoms with Crippen molar-refractivity contribution in [3.63, 3.8) is 0 Å². The van der Waals surface area contributed by atoms with Crippen LogP contribution in [0.4, 0.5) is 23.7 Å². The molecule has 0 radical (unpaired) electrons. The molecule has 1 saturated heterocycles. The summed E-state index contributed by atoms with van der Waals surface area (Å²) in [6, 6.07) is 8.68. The van der Waals surface area contributed by atoms with Crippen molar-refractivity contribution in [1.29, 1.82) is 0 Å². The van der Waals surface area contributed by atoms with Gasteiger partial charge in [0.25, 0.3) is 0 Å². The van der Waals surface area contributed by atoms with E-state index in [4.69, 9.17) is 5.11 Å². The minimum atomic E-state index is -4.68. The van der Waals surface area contributed by atoms with Crippen LogP contribution in [0.3, 0.4) is 0 Å². The number of alkyl halides is 3. The number of halogens is 3. The number of aliphatic carboxylic acids is 1. The van der Waals surface area contributed by atoms with Crippen molar-refractivity contribution in [2.75, 3.05) is 18.4 Å². The first-order valence-electron chi connectivity index (χ1n) is 8.16. The second-order valence-corrected chi connectivity index (χ2v) is 6.34. The summed E-state index contributed by atoms with van der Waals surface area (Å²) >= 11 is 0. The number of benzene rings is 1. The van der Waals surface area contributed by atoms with Gasteiger partial charge in [0.05, 0.1) is 30.3 Å². The van der Waals surface area contributed by atoms with Crippen molar-refractivity contribution in [1.82, 2.24) is 14.7 Å². The van der Waals surface area contributed by atoms with Crippen molar-refractivity contribution < 1.29 is 27.9 Å². The maximum atomic E-state index is 13.0. The van der Waals surface area contributed by atoms with E-state index in [2.05, 4.69) is 10.4 Å². The molecule has 1 aromatic heterocycles. The van der Waals surface area contributed by atoms with E-state index in [-0.39, 0.29) is 0 Å². The van der Waals surface area contributed by atoms with E-state index in [9.17, 15) is 22.8 Å². The molecule has 3 rings (SSSR count). The van der Waals surface area contributed by atoms with Crippen molar-refractivity contribution in [2.45, 2.75) is 12.7 Å². The lowest BCUT2D eigenvalue weighted by Gasteiger charge is -2.18. The number of hydrogen-bond acceptors (Lipinski definition) is 3. The first-order valence-corrected chi connectivity index (χ1v) is 8.16. The summed E-state index contributed by atoms with van der Waals surface area (Å²) in [6.07, 6.45) is -1.75. The third kappa shape index (κ3) is 4.39. The zero-order valence-electron chi connectivity index (χ0n) is 14.1. The first kappa shape index (κ1) is 18.7. The standard InChI is InChI=1S/C17H17F3N4O3/c18-17(19,20)14-10-23(9-13(14)15(25)26)16(27)22-12-6-21-24(8-12)7-11-4-2-1-3-5-11/h1-6,8,13-14H,7,9-10H2,(H,22,27)(H,25,26)/t13-,14-/m1/s1. The van der Waals surface area contributed by atoms with E-state index in [1.165, 1.54) is 6.20 Å². The van der Waals surface area contributed by atoms with Gasteiger partial charge in [-0.05, 0) is 5.56 Å². The Morgan fingerprint density at radius 1 is 1.22 bits per heavy atom. The molecule has 7 nitrogen and oxygen atoms in total. The number of anilines is 1. The number of aromatic nitrogens is 2. The molecule has 0 unspecified atom stereocenters. The summed E-state index contributed by atoms with van der Waals surface area (Å²) < 4.78 is 40.6. The third-order valence-corrected chi connectivity index (χ3v) is 4.42. The van der Waals surface area contributed by atoms with Crippen LogP contribution in [0.25, 0.3) is 0 Å². The Morgan fingerprint density at radius 3 is 2.52 bits per heavy atom. The number of nitrogens with one attached hydrogen (secondary N) is 1. The van der Waals surface area contributed by atoms with Crippen LogP contribution < -0.4 is 5.32 Å². The quantitative estimate of drug-likeness (QED) is 0.851. The molecule has 2 heterocycles. The molecule has 144 valence electrons. The Kier molecular flexibility index (Phi) is 5.06. The van der Waals surface area contributed by atoms with Gasteiger partial charge in [-0.2, -0.15) is 18.3 Å². The molecule has 0 spiro atoms. The Hall–Kier alpha value is -3.04. The molecule has 0 bridgehead atoms. The third-order valence-electron chi connectivity index (χ3n) is 4.42. The van der Waals surface area contributed by atoms with Gasteiger partial charge in [0.15, 0.2) is 0 Å². The van der Waals surface area contributed by atoms with Gasteiger partial charge < -0.3 is 15.3 Å². The van der Waals surface area contributed by atoms with Gasteiger partial charge in [-0.25, -0.2) is 4.79 Å². The second kappa shape index (κ2) is 7.29. The van der Waals surface area contributed by atoms with Crippen LogP contribution in [0.1, 0.15) is 5.56 Å². The normalized spacial score (nSPS) is 19.9. The number of urea groups is 1. The van der Waals surface area contributed by atoms with Crippen LogP contribution in [0.5, 0.6) is 0 Å². The van der Waals surface area contributed by atoms with E-state index in [0.717, 1.165) is 10.5 Å². The van der Waals surface area contributed by atoms with Crippen molar-refractivity contribution in [3.05, 3.63) is 48.3 Å². The fourth-order valence-electron chi connectivity index (χ4n) is 3.04. The van der Waals surface area contributed by atoms with Gasteiger partial charge in [0.2, 0.25) is 0 Å². The number of carboxylic acid groups (broad SMARTS) is 1. The molecule has 1 aliphatic heterocycles. The number of hydrogen-bond donors (Lipinski definition) is 2. The van der Waals surface area contributed by atoms with Crippen LogP contribution in [-0.2, 0) is 11.3 Å². The summed E-state index contributed by atoms with van der Waals surface area (Å²) in [5, 5.41) is 15.6. The van der Waals surface area contributed by atoms with Crippen LogP contribution in [-0.4, -0.2) is 51.1 Å². The molecule has 2 atom stereocenters. The highest BCUT2D eigenvalue weighted by Crippen LogP contribution is 2.37. The molecule has 2 amide bonds. The molecule has 1 aromatic carbocycles. The zero-order valence-corrected chi connectivity index (χ0v) is 14.1. The SMILES string of the molecule is O=C(O)[C@@H]1CN(C(=O)Nc2cnn(Cc3ccccc3)c2)C[C@H]1C(F)(F)F. The van der Waals surface area contributed by atoms with Crippen molar-refractivity contribution in [3.8, 4) is 0 Å². The van der Waals surface area contributed by atoms with Crippen LogP contribution >= 0.6 is 0 Å². The van der Waals surface area contributed by atoms with Gasteiger partial charge >= 0.3 is 18.2 Å². The van der Waals surface area contributed by atoms with E-state index < -0.39 is 43.1 Å². The number of carbonyl (C=O) groups excluding carboxylic acids is 1. The number of likely N-dealkylation sites (tertiary alicyclic amines) is 1. The Balaban J connectivity index is 1.63. The van der Waals surface area contributed by atoms with E-state index in [0.29, 0.717) is 12.2 Å². The van der Waals surface area contributed by atoms with Crippen LogP contribution in [0, 0.1) is 11.8 Å².